The molecule has 3 heteroatoms. The van der Waals surface area contributed by atoms with Gasteiger partial charge in [-0.25, -0.2) is 9.97 Å². The van der Waals surface area contributed by atoms with Crippen molar-refractivity contribution in [2.75, 3.05) is 0 Å². The highest BCUT2D eigenvalue weighted by molar-refractivity contribution is 9.08. The third kappa shape index (κ3) is 2.07. The van der Waals surface area contributed by atoms with E-state index in [0.29, 0.717) is 5.92 Å². The highest BCUT2D eigenvalue weighted by Crippen LogP contribution is 2.46. The minimum atomic E-state index is 0.272. The van der Waals surface area contributed by atoms with Crippen LogP contribution in [-0.2, 0) is 10.7 Å². The maximum Gasteiger partial charge on any atom is 0.134 e. The lowest BCUT2D eigenvalue weighted by Crippen LogP contribution is -2.11. The summed E-state index contributed by atoms with van der Waals surface area (Å²) in [5.74, 6) is 1.51. The van der Waals surface area contributed by atoms with Gasteiger partial charge < -0.3 is 0 Å². The Hall–Kier alpha value is -0.440. The van der Waals surface area contributed by atoms with Crippen LogP contribution in [0.4, 0.5) is 0 Å². The Balaban J connectivity index is 2.41. The van der Waals surface area contributed by atoms with Crippen molar-refractivity contribution < 1.29 is 0 Å². The van der Waals surface area contributed by atoms with Crippen molar-refractivity contribution in [3.63, 3.8) is 0 Å². The molecule has 2 nitrogen and oxygen atoms in total. The van der Waals surface area contributed by atoms with E-state index in [0.717, 1.165) is 11.2 Å². The number of hydrogen-bond donors (Lipinski definition) is 0. The second-order valence-corrected chi connectivity index (χ2v) is 5.51. The van der Waals surface area contributed by atoms with Gasteiger partial charge in [-0.1, -0.05) is 36.7 Å². The lowest BCUT2D eigenvalue weighted by molar-refractivity contribution is 0.677. The molecular weight excluding hydrogens is 252 g/mol. The summed E-state index contributed by atoms with van der Waals surface area (Å²) >= 11 is 3.49. The summed E-state index contributed by atoms with van der Waals surface area (Å²) in [4.78, 5) is 9.22. The Labute approximate surface area is 99.7 Å². The monoisotopic (exact) mass is 268 g/mol. The van der Waals surface area contributed by atoms with Crippen LogP contribution in [0.25, 0.3) is 0 Å². The van der Waals surface area contributed by atoms with Gasteiger partial charge in [0.2, 0.25) is 0 Å². The van der Waals surface area contributed by atoms with Crippen molar-refractivity contribution >= 4 is 15.9 Å². The Morgan fingerprint density at radius 1 is 1.47 bits per heavy atom. The molecule has 1 aromatic rings. The molecule has 2 rings (SSSR count). The number of halogens is 1. The molecule has 1 fully saturated rings. The van der Waals surface area contributed by atoms with Gasteiger partial charge in [0.15, 0.2) is 0 Å². The van der Waals surface area contributed by atoms with E-state index in [2.05, 4.69) is 41.7 Å². The summed E-state index contributed by atoms with van der Waals surface area (Å²) in [7, 11) is 0. The first-order chi connectivity index (χ1) is 7.07. The van der Waals surface area contributed by atoms with E-state index < -0.39 is 0 Å². The van der Waals surface area contributed by atoms with Gasteiger partial charge in [0, 0.05) is 22.5 Å². The van der Waals surface area contributed by atoms with E-state index >= 15 is 0 Å². The van der Waals surface area contributed by atoms with Crippen LogP contribution in [0.5, 0.6) is 0 Å². The van der Waals surface area contributed by atoms with Crippen molar-refractivity contribution in [1.82, 2.24) is 9.97 Å². The maximum atomic E-state index is 4.74. The quantitative estimate of drug-likeness (QED) is 0.784. The molecule has 0 atom stereocenters. The molecule has 0 saturated heterocycles. The van der Waals surface area contributed by atoms with Crippen LogP contribution >= 0.6 is 15.9 Å². The van der Waals surface area contributed by atoms with E-state index in [1.165, 1.54) is 24.1 Å². The maximum absolute atomic E-state index is 4.74. The largest absolute Gasteiger partial charge is 0.240 e. The molecule has 0 unspecified atom stereocenters. The summed E-state index contributed by atoms with van der Waals surface area (Å²) < 4.78 is 0. The third-order valence-electron chi connectivity index (χ3n) is 3.13. The Bertz CT molecular complexity index is 370. The van der Waals surface area contributed by atoms with Gasteiger partial charge in [-0.2, -0.15) is 0 Å². The van der Waals surface area contributed by atoms with Crippen LogP contribution in [0.2, 0.25) is 0 Å². The summed E-state index contributed by atoms with van der Waals surface area (Å²) in [6.07, 6.45) is 4.45. The van der Waals surface area contributed by atoms with Gasteiger partial charge in [0.05, 0.1) is 5.69 Å². The number of alkyl halides is 1. The normalized spacial score (nSPS) is 18.2. The predicted octanol–water partition coefficient (Wildman–Crippen LogP) is 3.55. The van der Waals surface area contributed by atoms with Gasteiger partial charge in [-0.05, 0) is 18.8 Å². The molecule has 0 amide bonds. The molecule has 82 valence electrons. The molecule has 1 aromatic heterocycles. The fraction of sp³-hybridized carbons (Fsp3) is 0.667. The molecule has 0 bridgehead atoms. The van der Waals surface area contributed by atoms with Crippen molar-refractivity contribution in [2.45, 2.75) is 50.3 Å². The predicted molar refractivity (Wildman–Crippen MR) is 65.3 cm³/mol. The first kappa shape index (κ1) is 11.1. The van der Waals surface area contributed by atoms with Crippen molar-refractivity contribution in [1.29, 1.82) is 0 Å². The Morgan fingerprint density at radius 2 is 2.13 bits per heavy atom. The zero-order valence-corrected chi connectivity index (χ0v) is 11.1. The van der Waals surface area contributed by atoms with Crippen molar-refractivity contribution in [3.05, 3.63) is 23.3 Å². The van der Waals surface area contributed by atoms with Crippen LogP contribution in [0, 0.1) is 0 Å². The van der Waals surface area contributed by atoms with E-state index in [-0.39, 0.29) is 5.41 Å². The Kier molecular flexibility index (Phi) is 2.84. The second kappa shape index (κ2) is 3.85. The number of rotatable bonds is 3. The van der Waals surface area contributed by atoms with Gasteiger partial charge in [0.25, 0.3) is 0 Å². The van der Waals surface area contributed by atoms with Gasteiger partial charge >= 0.3 is 0 Å². The van der Waals surface area contributed by atoms with E-state index in [1.54, 1.807) is 0 Å². The minimum Gasteiger partial charge on any atom is -0.240 e. The third-order valence-corrected chi connectivity index (χ3v) is 3.73. The molecule has 0 aliphatic heterocycles. The number of nitrogens with zero attached hydrogens (tertiary/aromatic N) is 2. The minimum absolute atomic E-state index is 0.272. The van der Waals surface area contributed by atoms with E-state index in [4.69, 9.17) is 4.98 Å². The van der Waals surface area contributed by atoms with Crippen molar-refractivity contribution in [2.24, 2.45) is 0 Å². The fourth-order valence-electron chi connectivity index (χ4n) is 1.72. The number of aromatic nitrogens is 2. The summed E-state index contributed by atoms with van der Waals surface area (Å²) in [5, 5.41) is 0.845. The SMILES string of the molecule is CC(C)c1nc(C2(C)CC2)ncc1CBr. The molecule has 1 aliphatic rings. The lowest BCUT2D eigenvalue weighted by Gasteiger charge is -2.13. The zero-order valence-electron chi connectivity index (χ0n) is 9.55. The van der Waals surface area contributed by atoms with Crippen LogP contribution in [0.1, 0.15) is 56.6 Å². The first-order valence-corrected chi connectivity index (χ1v) is 6.61. The first-order valence-electron chi connectivity index (χ1n) is 5.49. The van der Waals surface area contributed by atoms with Gasteiger partial charge in [-0.15, -0.1) is 0 Å². The van der Waals surface area contributed by atoms with Crippen LogP contribution < -0.4 is 0 Å². The molecule has 0 aromatic carbocycles. The fourth-order valence-corrected chi connectivity index (χ4v) is 2.16. The highest BCUT2D eigenvalue weighted by Gasteiger charge is 2.42. The van der Waals surface area contributed by atoms with Gasteiger partial charge in [0.1, 0.15) is 5.82 Å². The average Bonchev–Trinajstić information content (AvgIpc) is 2.96. The molecule has 0 N–H and O–H groups in total. The van der Waals surface area contributed by atoms with E-state index in [9.17, 15) is 0 Å². The Morgan fingerprint density at radius 3 is 2.60 bits per heavy atom. The number of hydrogen-bond acceptors (Lipinski definition) is 2. The van der Waals surface area contributed by atoms with Crippen molar-refractivity contribution in [3.8, 4) is 0 Å². The molecule has 0 spiro atoms. The molecule has 15 heavy (non-hydrogen) atoms. The second-order valence-electron chi connectivity index (χ2n) is 4.95. The van der Waals surface area contributed by atoms with Crippen LogP contribution in [0.15, 0.2) is 6.20 Å². The standard InChI is InChI=1S/C12H17BrN2/c1-8(2)10-9(6-13)7-14-11(15-10)12(3)4-5-12/h7-8H,4-6H2,1-3H3. The average molecular weight is 269 g/mol. The van der Waals surface area contributed by atoms with Crippen LogP contribution in [0.3, 0.4) is 0 Å². The molecular formula is C12H17BrN2. The van der Waals surface area contributed by atoms with Crippen LogP contribution in [-0.4, -0.2) is 9.97 Å². The van der Waals surface area contributed by atoms with E-state index in [1.807, 2.05) is 6.20 Å². The highest BCUT2D eigenvalue weighted by atomic mass is 79.9. The topological polar surface area (TPSA) is 25.8 Å². The lowest BCUT2D eigenvalue weighted by atomic mass is 10.0. The summed E-state index contributed by atoms with van der Waals surface area (Å²) in [6.45, 7) is 6.63. The van der Waals surface area contributed by atoms with Gasteiger partial charge in [-0.3, -0.25) is 0 Å². The summed E-state index contributed by atoms with van der Waals surface area (Å²) in [5.41, 5.74) is 2.69. The summed E-state index contributed by atoms with van der Waals surface area (Å²) in [6, 6.07) is 0. The molecule has 1 saturated carbocycles. The zero-order chi connectivity index (χ0) is 11.1. The molecule has 1 heterocycles. The smallest absolute Gasteiger partial charge is 0.134 e. The molecule has 0 radical (unpaired) electrons. The molecule has 1 aliphatic carbocycles.